The average molecular weight is 278 g/mol. The SMILES string of the molecule is CC(C)CNCc1ccoc1CN(C)CC1CCCC1. The molecule has 0 spiro atoms. The molecule has 1 aliphatic carbocycles. The highest BCUT2D eigenvalue weighted by molar-refractivity contribution is 5.16. The Kier molecular flexibility index (Phi) is 6.11. The zero-order valence-electron chi connectivity index (χ0n) is 13.3. The molecule has 1 heterocycles. The van der Waals surface area contributed by atoms with Gasteiger partial charge in [0.2, 0.25) is 0 Å². The second kappa shape index (κ2) is 7.84. The van der Waals surface area contributed by atoms with E-state index in [2.05, 4.69) is 37.2 Å². The number of nitrogens with one attached hydrogen (secondary N) is 1. The van der Waals surface area contributed by atoms with Gasteiger partial charge in [-0.3, -0.25) is 4.90 Å². The molecule has 1 N–H and O–H groups in total. The highest BCUT2D eigenvalue weighted by Crippen LogP contribution is 2.25. The van der Waals surface area contributed by atoms with Crippen molar-refractivity contribution in [1.29, 1.82) is 0 Å². The maximum atomic E-state index is 5.68. The van der Waals surface area contributed by atoms with Crippen molar-refractivity contribution in [1.82, 2.24) is 10.2 Å². The lowest BCUT2D eigenvalue weighted by molar-refractivity contribution is 0.250. The molecule has 0 aromatic carbocycles. The molecule has 0 aliphatic heterocycles. The standard InChI is InChI=1S/C17H30N2O/c1-14(2)10-18-11-16-8-9-20-17(16)13-19(3)12-15-6-4-5-7-15/h8-9,14-15,18H,4-7,10-13H2,1-3H3. The molecule has 20 heavy (non-hydrogen) atoms. The third-order valence-electron chi connectivity index (χ3n) is 4.16. The molecule has 1 aliphatic rings. The van der Waals surface area contributed by atoms with E-state index in [1.807, 2.05) is 6.26 Å². The summed E-state index contributed by atoms with van der Waals surface area (Å²) in [5.74, 6) is 2.72. The van der Waals surface area contributed by atoms with Crippen LogP contribution in [0.25, 0.3) is 0 Å². The number of rotatable bonds is 8. The van der Waals surface area contributed by atoms with Crippen molar-refractivity contribution in [2.45, 2.75) is 52.6 Å². The molecule has 0 amide bonds. The molecule has 0 unspecified atom stereocenters. The summed E-state index contributed by atoms with van der Waals surface area (Å²) in [7, 11) is 2.21. The van der Waals surface area contributed by atoms with E-state index in [4.69, 9.17) is 4.42 Å². The number of nitrogens with zero attached hydrogens (tertiary/aromatic N) is 1. The summed E-state index contributed by atoms with van der Waals surface area (Å²) < 4.78 is 5.68. The fraction of sp³-hybridized carbons (Fsp3) is 0.765. The molecule has 0 atom stereocenters. The van der Waals surface area contributed by atoms with Gasteiger partial charge in [0.25, 0.3) is 0 Å². The van der Waals surface area contributed by atoms with E-state index < -0.39 is 0 Å². The van der Waals surface area contributed by atoms with Crippen LogP contribution in [0.4, 0.5) is 0 Å². The second-order valence-electron chi connectivity index (χ2n) is 6.74. The third-order valence-corrected chi connectivity index (χ3v) is 4.16. The Labute approximate surface area is 123 Å². The minimum Gasteiger partial charge on any atom is -0.468 e. The van der Waals surface area contributed by atoms with Crippen LogP contribution in [0.3, 0.4) is 0 Å². The molecule has 1 fully saturated rings. The van der Waals surface area contributed by atoms with Crippen molar-refractivity contribution in [3.05, 3.63) is 23.7 Å². The lowest BCUT2D eigenvalue weighted by atomic mass is 10.1. The van der Waals surface area contributed by atoms with Crippen molar-refractivity contribution < 1.29 is 4.42 Å². The van der Waals surface area contributed by atoms with Gasteiger partial charge in [0.1, 0.15) is 5.76 Å². The Morgan fingerprint density at radius 3 is 2.80 bits per heavy atom. The van der Waals surface area contributed by atoms with Crippen molar-refractivity contribution in [3.63, 3.8) is 0 Å². The smallest absolute Gasteiger partial charge is 0.122 e. The summed E-state index contributed by atoms with van der Waals surface area (Å²) in [6, 6.07) is 2.10. The summed E-state index contributed by atoms with van der Waals surface area (Å²) in [6.07, 6.45) is 7.48. The third kappa shape index (κ3) is 4.95. The van der Waals surface area contributed by atoms with Crippen LogP contribution in [-0.4, -0.2) is 25.0 Å². The second-order valence-corrected chi connectivity index (χ2v) is 6.74. The fourth-order valence-corrected chi connectivity index (χ4v) is 3.10. The minimum absolute atomic E-state index is 0.690. The Morgan fingerprint density at radius 1 is 1.35 bits per heavy atom. The van der Waals surface area contributed by atoms with Crippen LogP contribution in [0, 0.1) is 11.8 Å². The highest BCUT2D eigenvalue weighted by Gasteiger charge is 2.18. The van der Waals surface area contributed by atoms with Gasteiger partial charge in [0.05, 0.1) is 12.8 Å². The van der Waals surface area contributed by atoms with Gasteiger partial charge < -0.3 is 9.73 Å². The van der Waals surface area contributed by atoms with E-state index in [0.29, 0.717) is 5.92 Å². The molecule has 1 saturated carbocycles. The number of hydrogen-bond donors (Lipinski definition) is 1. The van der Waals surface area contributed by atoms with Gasteiger partial charge in [-0.15, -0.1) is 0 Å². The van der Waals surface area contributed by atoms with Crippen molar-refractivity contribution >= 4 is 0 Å². The van der Waals surface area contributed by atoms with E-state index in [0.717, 1.165) is 31.3 Å². The molecule has 114 valence electrons. The Hall–Kier alpha value is -0.800. The summed E-state index contributed by atoms with van der Waals surface area (Å²) >= 11 is 0. The van der Waals surface area contributed by atoms with Gasteiger partial charge >= 0.3 is 0 Å². The van der Waals surface area contributed by atoms with E-state index in [9.17, 15) is 0 Å². The van der Waals surface area contributed by atoms with Gasteiger partial charge in [-0.05, 0) is 44.3 Å². The van der Waals surface area contributed by atoms with Gasteiger partial charge in [-0.2, -0.15) is 0 Å². The average Bonchev–Trinajstić information content (AvgIpc) is 3.01. The van der Waals surface area contributed by atoms with Crippen LogP contribution in [-0.2, 0) is 13.1 Å². The van der Waals surface area contributed by atoms with Gasteiger partial charge in [-0.25, -0.2) is 0 Å². The highest BCUT2D eigenvalue weighted by atomic mass is 16.3. The number of furan rings is 1. The summed E-state index contributed by atoms with van der Waals surface area (Å²) in [4.78, 5) is 2.42. The summed E-state index contributed by atoms with van der Waals surface area (Å²) in [5.41, 5.74) is 1.31. The van der Waals surface area contributed by atoms with E-state index in [1.165, 1.54) is 37.8 Å². The van der Waals surface area contributed by atoms with E-state index in [-0.39, 0.29) is 0 Å². The van der Waals surface area contributed by atoms with Crippen LogP contribution in [0.1, 0.15) is 50.9 Å². The topological polar surface area (TPSA) is 28.4 Å². The molecule has 0 bridgehead atoms. The Bertz CT molecular complexity index is 380. The maximum absolute atomic E-state index is 5.68. The molecule has 3 nitrogen and oxygen atoms in total. The normalized spacial score (nSPS) is 16.6. The fourth-order valence-electron chi connectivity index (χ4n) is 3.10. The lowest BCUT2D eigenvalue weighted by Gasteiger charge is -2.20. The summed E-state index contributed by atoms with van der Waals surface area (Å²) in [6.45, 7) is 8.59. The Morgan fingerprint density at radius 2 is 2.10 bits per heavy atom. The Balaban J connectivity index is 1.78. The molecular weight excluding hydrogens is 248 g/mol. The van der Waals surface area contributed by atoms with E-state index in [1.54, 1.807) is 0 Å². The molecule has 3 heteroatoms. The molecule has 1 aromatic heterocycles. The van der Waals surface area contributed by atoms with Crippen LogP contribution in [0.5, 0.6) is 0 Å². The molecule has 0 radical (unpaired) electrons. The van der Waals surface area contributed by atoms with Crippen LogP contribution in [0.2, 0.25) is 0 Å². The van der Waals surface area contributed by atoms with Gasteiger partial charge in [0.15, 0.2) is 0 Å². The molecule has 1 aromatic rings. The first-order valence-corrected chi connectivity index (χ1v) is 8.09. The maximum Gasteiger partial charge on any atom is 0.122 e. The first-order valence-electron chi connectivity index (χ1n) is 8.09. The van der Waals surface area contributed by atoms with Gasteiger partial charge in [0, 0.05) is 18.7 Å². The zero-order chi connectivity index (χ0) is 14.4. The predicted molar refractivity (Wildman–Crippen MR) is 83.5 cm³/mol. The predicted octanol–water partition coefficient (Wildman–Crippen LogP) is 3.65. The molecular formula is C17H30N2O. The van der Waals surface area contributed by atoms with Crippen LogP contribution < -0.4 is 5.32 Å². The van der Waals surface area contributed by atoms with Crippen molar-refractivity contribution in [2.75, 3.05) is 20.1 Å². The monoisotopic (exact) mass is 278 g/mol. The summed E-state index contributed by atoms with van der Waals surface area (Å²) in [5, 5.41) is 3.50. The lowest BCUT2D eigenvalue weighted by Crippen LogP contribution is -2.25. The molecule has 2 rings (SSSR count). The van der Waals surface area contributed by atoms with Crippen LogP contribution in [0.15, 0.2) is 16.7 Å². The number of hydrogen-bond acceptors (Lipinski definition) is 3. The largest absolute Gasteiger partial charge is 0.468 e. The quantitative estimate of drug-likeness (QED) is 0.787. The van der Waals surface area contributed by atoms with Crippen molar-refractivity contribution in [2.24, 2.45) is 11.8 Å². The van der Waals surface area contributed by atoms with E-state index >= 15 is 0 Å². The molecule has 0 saturated heterocycles. The first-order chi connectivity index (χ1) is 9.65. The van der Waals surface area contributed by atoms with Crippen molar-refractivity contribution in [3.8, 4) is 0 Å². The minimum atomic E-state index is 0.690. The van der Waals surface area contributed by atoms with Gasteiger partial charge in [-0.1, -0.05) is 26.7 Å². The van der Waals surface area contributed by atoms with Crippen LogP contribution >= 0.6 is 0 Å². The first kappa shape index (κ1) is 15.6. The zero-order valence-corrected chi connectivity index (χ0v) is 13.3.